The van der Waals surface area contributed by atoms with Gasteiger partial charge in [-0.2, -0.15) is 0 Å². The Balaban J connectivity index is 1.28. The van der Waals surface area contributed by atoms with Gasteiger partial charge in [0.2, 0.25) is 11.8 Å². The number of benzene rings is 2. The van der Waals surface area contributed by atoms with Gasteiger partial charge in [-0.1, -0.05) is 30.3 Å². The fourth-order valence-corrected chi connectivity index (χ4v) is 6.38. The summed E-state index contributed by atoms with van der Waals surface area (Å²) in [6.07, 6.45) is 0.616. The molecule has 3 saturated heterocycles. The second-order valence-corrected chi connectivity index (χ2v) is 13.5. The highest BCUT2D eigenvalue weighted by Gasteiger charge is 2.54. The molecule has 3 aliphatic heterocycles. The number of carbonyl (C=O) groups is 4. The van der Waals surface area contributed by atoms with Crippen LogP contribution in [0.4, 0.5) is 10.5 Å². The zero-order valence-corrected chi connectivity index (χ0v) is 27.2. The first-order valence-electron chi connectivity index (χ1n) is 15.8. The SMILES string of the molecule is CN1CCN(C(=O)CN(C)C(=O)c2cccc(CN3CN(c4ccccc4)C4(CCN(C(=O)OC(C)(C)C)CC4)C3=O)c2)CC1. The van der Waals surface area contributed by atoms with Gasteiger partial charge in [-0.3, -0.25) is 14.4 Å². The Hall–Kier alpha value is -4.12. The average Bonchev–Trinajstić information content (AvgIpc) is 3.27. The van der Waals surface area contributed by atoms with Crippen molar-refractivity contribution in [2.45, 2.75) is 51.3 Å². The molecule has 0 atom stereocenters. The van der Waals surface area contributed by atoms with E-state index in [0.29, 0.717) is 57.8 Å². The minimum Gasteiger partial charge on any atom is -0.444 e. The maximum atomic E-state index is 14.2. The molecule has 242 valence electrons. The average molecular weight is 619 g/mol. The summed E-state index contributed by atoms with van der Waals surface area (Å²) in [5.74, 6) is -0.271. The fraction of sp³-hybridized carbons (Fsp3) is 0.529. The Morgan fingerprint density at radius 3 is 2.20 bits per heavy atom. The molecule has 0 radical (unpaired) electrons. The van der Waals surface area contributed by atoms with Gasteiger partial charge in [-0.15, -0.1) is 0 Å². The van der Waals surface area contributed by atoms with Crippen LogP contribution in [0.15, 0.2) is 54.6 Å². The summed E-state index contributed by atoms with van der Waals surface area (Å²) >= 11 is 0. The third-order valence-electron chi connectivity index (χ3n) is 8.95. The molecule has 4 amide bonds. The molecule has 0 aromatic heterocycles. The molecule has 0 bridgehead atoms. The number of hydrogen-bond acceptors (Lipinski definition) is 7. The number of likely N-dealkylation sites (tertiary alicyclic amines) is 1. The molecule has 0 saturated carbocycles. The second-order valence-electron chi connectivity index (χ2n) is 13.5. The molecule has 3 aliphatic rings. The van der Waals surface area contributed by atoms with Crippen LogP contribution in [0, 0.1) is 0 Å². The van der Waals surface area contributed by atoms with E-state index in [1.807, 2.05) is 86.1 Å². The lowest BCUT2D eigenvalue weighted by molar-refractivity contribution is -0.134. The lowest BCUT2D eigenvalue weighted by atomic mass is 9.85. The van der Waals surface area contributed by atoms with E-state index >= 15 is 0 Å². The smallest absolute Gasteiger partial charge is 0.410 e. The molecule has 0 N–H and O–H groups in total. The predicted molar refractivity (Wildman–Crippen MR) is 172 cm³/mol. The number of carbonyl (C=O) groups excluding carboxylic acids is 4. The van der Waals surface area contributed by atoms with Gasteiger partial charge in [0.1, 0.15) is 11.1 Å². The first-order valence-corrected chi connectivity index (χ1v) is 15.8. The Bertz CT molecular complexity index is 1390. The van der Waals surface area contributed by atoms with Crippen LogP contribution in [-0.4, -0.2) is 126 Å². The number of rotatable bonds is 6. The molecule has 45 heavy (non-hydrogen) atoms. The van der Waals surface area contributed by atoms with Crippen molar-refractivity contribution < 1.29 is 23.9 Å². The maximum absolute atomic E-state index is 14.2. The third kappa shape index (κ3) is 7.24. The van der Waals surface area contributed by atoms with Crippen LogP contribution >= 0.6 is 0 Å². The number of nitrogens with zero attached hydrogens (tertiary/aromatic N) is 6. The van der Waals surface area contributed by atoms with Gasteiger partial charge in [0, 0.05) is 64.1 Å². The van der Waals surface area contributed by atoms with Crippen LogP contribution in [0.3, 0.4) is 0 Å². The lowest BCUT2D eigenvalue weighted by Crippen LogP contribution is -2.57. The fourth-order valence-electron chi connectivity index (χ4n) is 6.38. The summed E-state index contributed by atoms with van der Waals surface area (Å²) in [6.45, 7) is 10.1. The normalized spacial score (nSPS) is 18.8. The van der Waals surface area contributed by atoms with Crippen molar-refractivity contribution in [3.05, 3.63) is 65.7 Å². The maximum Gasteiger partial charge on any atom is 0.410 e. The summed E-state index contributed by atoms with van der Waals surface area (Å²) in [6, 6.07) is 17.2. The summed E-state index contributed by atoms with van der Waals surface area (Å²) in [5.41, 5.74) is 0.900. The molecular formula is C34H46N6O5. The molecule has 3 fully saturated rings. The van der Waals surface area contributed by atoms with Crippen molar-refractivity contribution in [3.8, 4) is 0 Å². The second kappa shape index (κ2) is 13.1. The molecule has 5 rings (SSSR count). The number of para-hydroxylation sites is 1. The van der Waals surface area contributed by atoms with Crippen LogP contribution in [0.25, 0.3) is 0 Å². The number of piperidine rings is 1. The zero-order valence-electron chi connectivity index (χ0n) is 27.2. The molecular weight excluding hydrogens is 572 g/mol. The highest BCUT2D eigenvalue weighted by Crippen LogP contribution is 2.40. The van der Waals surface area contributed by atoms with Gasteiger partial charge in [-0.25, -0.2) is 4.79 Å². The predicted octanol–water partition coefficient (Wildman–Crippen LogP) is 3.11. The number of anilines is 1. The van der Waals surface area contributed by atoms with Gasteiger partial charge < -0.3 is 34.1 Å². The van der Waals surface area contributed by atoms with Gasteiger partial charge in [0.15, 0.2) is 0 Å². The highest BCUT2D eigenvalue weighted by molar-refractivity contribution is 5.97. The molecule has 2 aromatic rings. The Morgan fingerprint density at radius 2 is 1.56 bits per heavy atom. The standard InChI is InChI=1S/C34H46N6O5/c1-33(2,3)45-32(44)38-16-14-34(15-17-38)31(43)39(25-40(34)28-12-7-6-8-13-28)23-26-10-9-11-27(22-26)30(42)36(5)24-29(41)37-20-18-35(4)19-21-37/h6-13,22H,14-21,23-25H2,1-5H3. The summed E-state index contributed by atoms with van der Waals surface area (Å²) in [4.78, 5) is 64.3. The van der Waals surface area contributed by atoms with Crippen molar-refractivity contribution in [3.63, 3.8) is 0 Å². The number of piperazine rings is 1. The van der Waals surface area contributed by atoms with Crippen LogP contribution in [0.2, 0.25) is 0 Å². The van der Waals surface area contributed by atoms with Crippen molar-refractivity contribution >= 4 is 29.5 Å². The molecule has 2 aromatic carbocycles. The summed E-state index contributed by atoms with van der Waals surface area (Å²) in [7, 11) is 3.69. The van der Waals surface area contributed by atoms with Gasteiger partial charge in [0.25, 0.3) is 5.91 Å². The zero-order chi connectivity index (χ0) is 32.4. The first kappa shape index (κ1) is 32.3. The first-order chi connectivity index (χ1) is 21.4. The minimum absolute atomic E-state index is 0.0156. The molecule has 0 aliphatic carbocycles. The molecule has 3 heterocycles. The van der Waals surface area contributed by atoms with Crippen molar-refractivity contribution in [1.82, 2.24) is 24.5 Å². The lowest BCUT2D eigenvalue weighted by Gasteiger charge is -2.43. The quantitative estimate of drug-likeness (QED) is 0.491. The Kier molecular flexibility index (Phi) is 9.38. The number of likely N-dealkylation sites (N-methyl/N-ethyl adjacent to an activating group) is 2. The Morgan fingerprint density at radius 1 is 0.889 bits per heavy atom. The minimum atomic E-state index is -0.781. The van der Waals surface area contributed by atoms with E-state index < -0.39 is 11.1 Å². The largest absolute Gasteiger partial charge is 0.444 e. The third-order valence-corrected chi connectivity index (χ3v) is 8.95. The number of amides is 4. The summed E-state index contributed by atoms with van der Waals surface area (Å²) < 4.78 is 5.59. The van der Waals surface area contributed by atoms with Crippen LogP contribution in [-0.2, 0) is 20.9 Å². The number of ether oxygens (including phenoxy) is 1. The van der Waals surface area contributed by atoms with Crippen molar-refractivity contribution in [2.24, 2.45) is 0 Å². The van der Waals surface area contributed by atoms with E-state index in [0.717, 1.165) is 24.3 Å². The molecule has 11 heteroatoms. The van der Waals surface area contributed by atoms with E-state index in [-0.39, 0.29) is 30.4 Å². The van der Waals surface area contributed by atoms with Gasteiger partial charge in [-0.05, 0) is 70.5 Å². The van der Waals surface area contributed by atoms with E-state index in [1.54, 1.807) is 18.0 Å². The van der Waals surface area contributed by atoms with Gasteiger partial charge in [0.05, 0.1) is 13.2 Å². The van der Waals surface area contributed by atoms with Crippen LogP contribution in [0.5, 0.6) is 0 Å². The molecule has 0 unspecified atom stereocenters. The van der Waals surface area contributed by atoms with E-state index in [1.165, 1.54) is 4.90 Å². The van der Waals surface area contributed by atoms with Crippen molar-refractivity contribution in [1.29, 1.82) is 0 Å². The molecule has 1 spiro atoms. The topological polar surface area (TPSA) is 97.0 Å². The molecule has 11 nitrogen and oxygen atoms in total. The van der Waals surface area contributed by atoms with Gasteiger partial charge >= 0.3 is 6.09 Å². The summed E-state index contributed by atoms with van der Waals surface area (Å²) in [5, 5.41) is 0. The van der Waals surface area contributed by atoms with E-state index in [4.69, 9.17) is 4.74 Å². The Labute approximate surface area is 266 Å². The monoisotopic (exact) mass is 618 g/mol. The van der Waals surface area contributed by atoms with E-state index in [2.05, 4.69) is 9.80 Å². The van der Waals surface area contributed by atoms with E-state index in [9.17, 15) is 19.2 Å². The van der Waals surface area contributed by atoms with Crippen LogP contribution < -0.4 is 4.90 Å². The van der Waals surface area contributed by atoms with Crippen molar-refractivity contribution in [2.75, 3.05) is 71.5 Å². The highest BCUT2D eigenvalue weighted by atomic mass is 16.6. The number of hydrogen-bond donors (Lipinski definition) is 0. The van der Waals surface area contributed by atoms with Crippen LogP contribution in [0.1, 0.15) is 49.5 Å².